The average molecular weight is 265 g/mol. The Morgan fingerprint density at radius 1 is 1.39 bits per heavy atom. The van der Waals surface area contributed by atoms with Gasteiger partial charge in [0.05, 0.1) is 10.7 Å². The van der Waals surface area contributed by atoms with Crippen LogP contribution in [0.4, 0.5) is 0 Å². The molecule has 0 unspecified atom stereocenters. The minimum Gasteiger partial charge on any atom is -0.486 e. The summed E-state index contributed by atoms with van der Waals surface area (Å²) in [5, 5.41) is 9.42. The molecule has 92 valence electrons. The summed E-state index contributed by atoms with van der Waals surface area (Å²) in [5.74, 6) is -0.609. The zero-order valence-electron chi connectivity index (χ0n) is 9.21. The molecule has 0 aliphatic rings. The fraction of sp³-hybridized carbons (Fsp3) is 0.0833. The molecule has 0 radical (unpaired) electrons. The van der Waals surface area contributed by atoms with E-state index in [0.717, 1.165) is 0 Å². The SMILES string of the molecule is O=C(O)c1cncnc1COc1ccccc1Cl. The van der Waals surface area contributed by atoms with Crippen LogP contribution in [-0.2, 0) is 6.61 Å². The van der Waals surface area contributed by atoms with Gasteiger partial charge in [-0.1, -0.05) is 23.7 Å². The number of halogens is 1. The van der Waals surface area contributed by atoms with E-state index in [1.807, 2.05) is 0 Å². The summed E-state index contributed by atoms with van der Waals surface area (Å²) in [6, 6.07) is 6.95. The predicted octanol–water partition coefficient (Wildman–Crippen LogP) is 2.41. The van der Waals surface area contributed by atoms with Gasteiger partial charge in [0.15, 0.2) is 0 Å². The van der Waals surface area contributed by atoms with Gasteiger partial charge in [-0.25, -0.2) is 14.8 Å². The van der Waals surface area contributed by atoms with Crippen molar-refractivity contribution in [3.63, 3.8) is 0 Å². The van der Waals surface area contributed by atoms with Gasteiger partial charge in [-0.05, 0) is 12.1 Å². The maximum atomic E-state index is 10.9. The molecule has 0 aliphatic carbocycles. The van der Waals surface area contributed by atoms with Crippen molar-refractivity contribution in [3.8, 4) is 5.75 Å². The second-order valence-corrected chi connectivity index (χ2v) is 3.81. The highest BCUT2D eigenvalue weighted by molar-refractivity contribution is 6.32. The minimum atomic E-state index is -1.09. The van der Waals surface area contributed by atoms with Crippen LogP contribution < -0.4 is 4.74 Å². The summed E-state index contributed by atoms with van der Waals surface area (Å²) in [6.45, 7) is 0.0217. The number of carbonyl (C=O) groups is 1. The molecule has 6 heteroatoms. The first kappa shape index (κ1) is 12.3. The maximum absolute atomic E-state index is 10.9. The topological polar surface area (TPSA) is 72.3 Å². The Labute approximate surface area is 108 Å². The summed E-state index contributed by atoms with van der Waals surface area (Å²) >= 11 is 5.92. The van der Waals surface area contributed by atoms with Gasteiger partial charge >= 0.3 is 5.97 Å². The highest BCUT2D eigenvalue weighted by atomic mass is 35.5. The first-order valence-corrected chi connectivity index (χ1v) is 5.46. The molecule has 0 bridgehead atoms. The van der Waals surface area contributed by atoms with Crippen molar-refractivity contribution in [2.75, 3.05) is 0 Å². The normalized spacial score (nSPS) is 10.1. The van der Waals surface area contributed by atoms with E-state index in [-0.39, 0.29) is 12.2 Å². The van der Waals surface area contributed by atoms with Gasteiger partial charge < -0.3 is 9.84 Å². The number of carboxylic acid groups (broad SMARTS) is 1. The number of nitrogens with zero attached hydrogens (tertiary/aromatic N) is 2. The lowest BCUT2D eigenvalue weighted by molar-refractivity contribution is 0.0692. The molecule has 1 aromatic heterocycles. The lowest BCUT2D eigenvalue weighted by Crippen LogP contribution is -2.08. The molecule has 0 saturated carbocycles. The highest BCUT2D eigenvalue weighted by Gasteiger charge is 2.12. The fourth-order valence-electron chi connectivity index (χ4n) is 1.36. The molecule has 0 amide bonds. The van der Waals surface area contributed by atoms with Crippen LogP contribution in [-0.4, -0.2) is 21.0 Å². The molecular weight excluding hydrogens is 256 g/mol. The van der Waals surface area contributed by atoms with Crippen LogP contribution in [0.1, 0.15) is 16.1 Å². The van der Waals surface area contributed by atoms with Gasteiger partial charge in [0.1, 0.15) is 24.2 Å². The van der Waals surface area contributed by atoms with Gasteiger partial charge in [-0.3, -0.25) is 0 Å². The third-order valence-corrected chi connectivity index (χ3v) is 2.54. The number of ether oxygens (including phenoxy) is 1. The highest BCUT2D eigenvalue weighted by Crippen LogP contribution is 2.24. The van der Waals surface area contributed by atoms with Crippen molar-refractivity contribution in [2.45, 2.75) is 6.61 Å². The van der Waals surface area contributed by atoms with Crippen LogP contribution in [0.15, 0.2) is 36.8 Å². The van der Waals surface area contributed by atoms with Crippen LogP contribution in [0.3, 0.4) is 0 Å². The lowest BCUT2D eigenvalue weighted by atomic mass is 10.2. The Hall–Kier alpha value is -2.14. The zero-order valence-corrected chi connectivity index (χ0v) is 9.96. The third kappa shape index (κ3) is 2.75. The second-order valence-electron chi connectivity index (χ2n) is 3.41. The van der Waals surface area contributed by atoms with Crippen LogP contribution in [0.2, 0.25) is 5.02 Å². The Bertz CT molecular complexity index is 575. The molecule has 0 aliphatic heterocycles. The Kier molecular flexibility index (Phi) is 3.74. The van der Waals surface area contributed by atoms with Crippen molar-refractivity contribution in [1.29, 1.82) is 0 Å². The minimum absolute atomic E-state index is 0.0181. The Balaban J connectivity index is 2.16. The van der Waals surface area contributed by atoms with Gasteiger partial charge in [0.2, 0.25) is 0 Å². The van der Waals surface area contributed by atoms with Crippen molar-refractivity contribution in [3.05, 3.63) is 53.1 Å². The second kappa shape index (κ2) is 5.46. The number of para-hydroxylation sites is 1. The Morgan fingerprint density at radius 3 is 2.89 bits per heavy atom. The predicted molar refractivity (Wildman–Crippen MR) is 64.8 cm³/mol. The van der Waals surface area contributed by atoms with E-state index in [0.29, 0.717) is 16.5 Å². The maximum Gasteiger partial charge on any atom is 0.339 e. The van der Waals surface area contributed by atoms with Crippen molar-refractivity contribution in [1.82, 2.24) is 9.97 Å². The quantitative estimate of drug-likeness (QED) is 0.918. The average Bonchev–Trinajstić information content (AvgIpc) is 2.38. The molecule has 0 atom stereocenters. The molecule has 1 aromatic carbocycles. The van der Waals surface area contributed by atoms with Crippen LogP contribution in [0.5, 0.6) is 5.75 Å². The Morgan fingerprint density at radius 2 is 2.17 bits per heavy atom. The van der Waals surface area contributed by atoms with Gasteiger partial charge in [-0.2, -0.15) is 0 Å². The summed E-state index contributed by atoms with van der Waals surface area (Å²) < 4.78 is 5.43. The van der Waals surface area contributed by atoms with E-state index in [2.05, 4.69) is 9.97 Å². The van der Waals surface area contributed by atoms with E-state index in [1.54, 1.807) is 24.3 Å². The zero-order chi connectivity index (χ0) is 13.0. The molecule has 18 heavy (non-hydrogen) atoms. The molecule has 0 saturated heterocycles. The first-order chi connectivity index (χ1) is 8.68. The summed E-state index contributed by atoms with van der Waals surface area (Å²) in [7, 11) is 0. The monoisotopic (exact) mass is 264 g/mol. The van der Waals surface area contributed by atoms with E-state index in [9.17, 15) is 4.79 Å². The summed E-state index contributed by atoms with van der Waals surface area (Å²) in [6.07, 6.45) is 2.51. The van der Waals surface area contributed by atoms with Crippen molar-refractivity contribution >= 4 is 17.6 Å². The lowest BCUT2D eigenvalue weighted by Gasteiger charge is -2.08. The van der Waals surface area contributed by atoms with E-state index >= 15 is 0 Å². The molecular formula is C12H9ClN2O3. The number of hydrogen-bond acceptors (Lipinski definition) is 4. The van der Waals surface area contributed by atoms with Crippen molar-refractivity contribution < 1.29 is 14.6 Å². The van der Waals surface area contributed by atoms with Crippen LogP contribution >= 0.6 is 11.6 Å². The third-order valence-electron chi connectivity index (χ3n) is 2.23. The molecule has 0 spiro atoms. The van der Waals surface area contributed by atoms with Gasteiger partial charge in [0.25, 0.3) is 0 Å². The number of rotatable bonds is 4. The van der Waals surface area contributed by atoms with Crippen LogP contribution in [0, 0.1) is 0 Å². The standard InChI is InChI=1S/C12H9ClN2O3/c13-9-3-1-2-4-11(9)18-6-10-8(12(16)17)5-14-7-15-10/h1-5,7H,6H2,(H,16,17). The smallest absolute Gasteiger partial charge is 0.339 e. The number of hydrogen-bond donors (Lipinski definition) is 1. The molecule has 1 N–H and O–H groups in total. The molecule has 5 nitrogen and oxygen atoms in total. The van der Waals surface area contributed by atoms with Gasteiger partial charge in [0, 0.05) is 6.20 Å². The van der Waals surface area contributed by atoms with Crippen molar-refractivity contribution in [2.24, 2.45) is 0 Å². The van der Waals surface area contributed by atoms with E-state index in [4.69, 9.17) is 21.4 Å². The number of aromatic carboxylic acids is 1. The fourth-order valence-corrected chi connectivity index (χ4v) is 1.55. The summed E-state index contributed by atoms with van der Waals surface area (Å²) in [4.78, 5) is 18.5. The number of carboxylic acids is 1. The number of benzene rings is 1. The first-order valence-electron chi connectivity index (χ1n) is 5.08. The van der Waals surface area contributed by atoms with Gasteiger partial charge in [-0.15, -0.1) is 0 Å². The molecule has 2 aromatic rings. The number of aromatic nitrogens is 2. The van der Waals surface area contributed by atoms with E-state index < -0.39 is 5.97 Å². The molecule has 2 rings (SSSR count). The van der Waals surface area contributed by atoms with Crippen LogP contribution in [0.25, 0.3) is 0 Å². The molecule has 0 fully saturated rings. The summed E-state index contributed by atoms with van der Waals surface area (Å²) in [5.41, 5.74) is 0.321. The largest absolute Gasteiger partial charge is 0.486 e. The van der Waals surface area contributed by atoms with E-state index in [1.165, 1.54) is 12.5 Å². The molecule has 1 heterocycles.